The van der Waals surface area contributed by atoms with Gasteiger partial charge in [-0.25, -0.2) is 4.79 Å². The Kier molecular flexibility index (Phi) is 2.57. The molecule has 1 saturated heterocycles. The van der Waals surface area contributed by atoms with Crippen molar-refractivity contribution < 1.29 is 9.53 Å². The number of nitrogens with one attached hydrogen (secondary N) is 1. The normalized spacial score (nSPS) is 18.8. The van der Waals surface area contributed by atoms with Crippen LogP contribution < -0.4 is 5.32 Å². The van der Waals surface area contributed by atoms with Crippen LogP contribution in [0.3, 0.4) is 0 Å². The highest BCUT2D eigenvalue weighted by atomic mass is 32.1. The molecule has 1 atom stereocenters. The molecule has 1 N–H and O–H groups in total. The molecule has 1 aromatic heterocycles. The maximum atomic E-state index is 11.0. The van der Waals surface area contributed by atoms with Crippen molar-refractivity contribution in [2.24, 2.45) is 0 Å². The van der Waals surface area contributed by atoms with Crippen LogP contribution in [0.15, 0.2) is 42.5 Å². The first-order valence-corrected chi connectivity index (χ1v) is 6.24. The van der Waals surface area contributed by atoms with Gasteiger partial charge in [0.25, 0.3) is 0 Å². The van der Waals surface area contributed by atoms with Crippen LogP contribution in [0.5, 0.6) is 0 Å². The standard InChI is InChI=1S/C13H11NO2S/c15-13-14-8-10(16-13)12-7-6-11(17-12)9-4-2-1-3-5-9/h1-7,10H,8H2,(H,14,15). The van der Waals surface area contributed by atoms with Gasteiger partial charge in [-0.1, -0.05) is 30.3 Å². The van der Waals surface area contributed by atoms with Gasteiger partial charge in [-0.05, 0) is 17.7 Å². The summed E-state index contributed by atoms with van der Waals surface area (Å²) in [5, 5.41) is 2.66. The van der Waals surface area contributed by atoms with Crippen molar-refractivity contribution in [3.8, 4) is 10.4 Å². The third-order valence-corrected chi connectivity index (χ3v) is 3.91. The molecule has 1 aliphatic rings. The first kappa shape index (κ1) is 10.4. The van der Waals surface area contributed by atoms with Gasteiger partial charge in [0.1, 0.15) is 0 Å². The lowest BCUT2D eigenvalue weighted by Gasteiger charge is -2.03. The van der Waals surface area contributed by atoms with Crippen molar-refractivity contribution in [1.82, 2.24) is 5.32 Å². The smallest absolute Gasteiger partial charge is 0.407 e. The van der Waals surface area contributed by atoms with E-state index < -0.39 is 0 Å². The highest BCUT2D eigenvalue weighted by molar-refractivity contribution is 7.15. The third-order valence-electron chi connectivity index (χ3n) is 2.68. The Morgan fingerprint density at radius 2 is 2.00 bits per heavy atom. The van der Waals surface area contributed by atoms with Gasteiger partial charge in [0.15, 0.2) is 6.10 Å². The monoisotopic (exact) mass is 245 g/mol. The lowest BCUT2D eigenvalue weighted by Crippen LogP contribution is -2.12. The van der Waals surface area contributed by atoms with E-state index in [2.05, 4.69) is 23.5 Å². The summed E-state index contributed by atoms with van der Waals surface area (Å²) < 4.78 is 5.16. The molecule has 3 nitrogen and oxygen atoms in total. The Labute approximate surface area is 103 Å². The average molecular weight is 245 g/mol. The van der Waals surface area contributed by atoms with Crippen LogP contribution in [0.25, 0.3) is 10.4 Å². The SMILES string of the molecule is O=C1NCC(c2ccc(-c3ccccc3)s2)O1. The largest absolute Gasteiger partial charge is 0.439 e. The summed E-state index contributed by atoms with van der Waals surface area (Å²) in [4.78, 5) is 13.3. The van der Waals surface area contributed by atoms with Crippen molar-refractivity contribution in [3.05, 3.63) is 47.3 Å². The van der Waals surface area contributed by atoms with E-state index in [4.69, 9.17) is 4.74 Å². The van der Waals surface area contributed by atoms with E-state index in [0.717, 1.165) is 4.88 Å². The zero-order valence-electron chi connectivity index (χ0n) is 9.05. The molecular weight excluding hydrogens is 234 g/mol. The highest BCUT2D eigenvalue weighted by Crippen LogP contribution is 2.33. The quantitative estimate of drug-likeness (QED) is 0.882. The number of benzene rings is 1. The molecule has 2 aromatic rings. The Balaban J connectivity index is 1.86. The van der Waals surface area contributed by atoms with E-state index in [1.165, 1.54) is 10.4 Å². The molecule has 0 radical (unpaired) electrons. The second-order valence-electron chi connectivity index (χ2n) is 3.84. The summed E-state index contributed by atoms with van der Waals surface area (Å²) in [6, 6.07) is 14.3. The van der Waals surface area contributed by atoms with E-state index in [0.29, 0.717) is 6.54 Å². The number of hydrogen-bond acceptors (Lipinski definition) is 3. The van der Waals surface area contributed by atoms with Crippen molar-refractivity contribution in [2.45, 2.75) is 6.10 Å². The molecule has 0 bridgehead atoms. The van der Waals surface area contributed by atoms with Crippen LogP contribution in [0.1, 0.15) is 11.0 Å². The molecule has 2 heterocycles. The fourth-order valence-corrected chi connectivity index (χ4v) is 2.87. The Hall–Kier alpha value is -1.81. The average Bonchev–Trinajstić information content (AvgIpc) is 2.98. The van der Waals surface area contributed by atoms with E-state index in [1.54, 1.807) is 11.3 Å². The molecule has 1 fully saturated rings. The number of hydrogen-bond donors (Lipinski definition) is 1. The predicted octanol–water partition coefficient (Wildman–Crippen LogP) is 3.20. The van der Waals surface area contributed by atoms with Crippen molar-refractivity contribution in [3.63, 3.8) is 0 Å². The summed E-state index contributed by atoms with van der Waals surface area (Å²) in [6.45, 7) is 0.563. The second-order valence-corrected chi connectivity index (χ2v) is 4.96. The molecule has 1 unspecified atom stereocenters. The maximum Gasteiger partial charge on any atom is 0.407 e. The number of carbonyl (C=O) groups excluding carboxylic acids is 1. The van der Waals surface area contributed by atoms with Gasteiger partial charge in [0, 0.05) is 9.75 Å². The van der Waals surface area contributed by atoms with Crippen LogP contribution in [0.4, 0.5) is 4.79 Å². The summed E-state index contributed by atoms with van der Waals surface area (Å²) in [5.74, 6) is 0. The van der Waals surface area contributed by atoms with Gasteiger partial charge in [0.2, 0.25) is 0 Å². The Bertz CT molecular complexity index is 535. The molecule has 0 aliphatic carbocycles. The zero-order chi connectivity index (χ0) is 11.7. The molecular formula is C13H11NO2S. The number of rotatable bonds is 2. The highest BCUT2D eigenvalue weighted by Gasteiger charge is 2.25. The minimum Gasteiger partial charge on any atom is -0.439 e. The molecule has 3 rings (SSSR count). The van der Waals surface area contributed by atoms with Gasteiger partial charge >= 0.3 is 6.09 Å². The van der Waals surface area contributed by atoms with Crippen LogP contribution in [0, 0.1) is 0 Å². The van der Waals surface area contributed by atoms with Crippen LogP contribution in [0.2, 0.25) is 0 Å². The molecule has 1 aliphatic heterocycles. The topological polar surface area (TPSA) is 38.3 Å². The first-order valence-electron chi connectivity index (χ1n) is 5.42. The van der Waals surface area contributed by atoms with Crippen LogP contribution in [-0.4, -0.2) is 12.6 Å². The molecule has 1 amide bonds. The predicted molar refractivity (Wildman–Crippen MR) is 67.0 cm³/mol. The number of cyclic esters (lactones) is 1. The molecule has 1 aromatic carbocycles. The van der Waals surface area contributed by atoms with Gasteiger partial charge in [0.05, 0.1) is 6.54 Å². The third kappa shape index (κ3) is 2.03. The first-order chi connectivity index (χ1) is 8.33. The van der Waals surface area contributed by atoms with Crippen molar-refractivity contribution in [1.29, 1.82) is 0 Å². The summed E-state index contributed by atoms with van der Waals surface area (Å²) >= 11 is 1.67. The van der Waals surface area contributed by atoms with Crippen molar-refractivity contribution in [2.75, 3.05) is 6.54 Å². The second kappa shape index (κ2) is 4.22. The van der Waals surface area contributed by atoms with Gasteiger partial charge in [-0.15, -0.1) is 11.3 Å². The minimum atomic E-state index is -0.329. The van der Waals surface area contributed by atoms with Gasteiger partial charge in [-0.3, -0.25) is 0 Å². The van der Waals surface area contributed by atoms with Crippen molar-refractivity contribution >= 4 is 17.4 Å². The molecule has 0 spiro atoms. The van der Waals surface area contributed by atoms with E-state index >= 15 is 0 Å². The lowest BCUT2D eigenvalue weighted by atomic mass is 10.2. The molecule has 4 heteroatoms. The van der Waals surface area contributed by atoms with Gasteiger partial charge < -0.3 is 10.1 Å². The number of ether oxygens (including phenoxy) is 1. The maximum absolute atomic E-state index is 11.0. The number of thiophene rings is 1. The summed E-state index contributed by atoms with van der Waals surface area (Å²) in [6.07, 6.45) is -0.463. The van der Waals surface area contributed by atoms with Crippen LogP contribution >= 0.6 is 11.3 Å². The Morgan fingerprint density at radius 3 is 2.71 bits per heavy atom. The summed E-state index contributed by atoms with van der Waals surface area (Å²) in [7, 11) is 0. The van der Waals surface area contributed by atoms with Crippen LogP contribution in [-0.2, 0) is 4.74 Å². The molecule has 17 heavy (non-hydrogen) atoms. The fraction of sp³-hybridized carbons (Fsp3) is 0.154. The van der Waals surface area contributed by atoms with Gasteiger partial charge in [-0.2, -0.15) is 0 Å². The number of alkyl carbamates (subject to hydrolysis) is 1. The fourth-order valence-electron chi connectivity index (χ4n) is 1.83. The minimum absolute atomic E-state index is 0.134. The Morgan fingerprint density at radius 1 is 1.18 bits per heavy atom. The van der Waals surface area contributed by atoms with E-state index in [-0.39, 0.29) is 12.2 Å². The molecule has 86 valence electrons. The molecule has 0 saturated carbocycles. The summed E-state index contributed by atoms with van der Waals surface area (Å²) in [5.41, 5.74) is 1.20. The lowest BCUT2D eigenvalue weighted by molar-refractivity contribution is 0.142. The van der Waals surface area contributed by atoms with E-state index in [1.807, 2.05) is 24.3 Å². The zero-order valence-corrected chi connectivity index (χ0v) is 9.87. The number of amides is 1. The number of carbonyl (C=O) groups is 1. The van der Waals surface area contributed by atoms with E-state index in [9.17, 15) is 4.79 Å².